The van der Waals surface area contributed by atoms with Crippen molar-refractivity contribution in [2.45, 2.75) is 33.6 Å². The second kappa shape index (κ2) is 7.41. The summed E-state index contributed by atoms with van der Waals surface area (Å²) in [7, 11) is 0. The molecule has 0 saturated carbocycles. The Kier molecular flexibility index (Phi) is 7.26. The third-order valence-electron chi connectivity index (χ3n) is 1.70. The number of thioether (sulfide) groups is 1. The molecule has 0 aliphatic rings. The van der Waals surface area contributed by atoms with Gasteiger partial charge < -0.3 is 0 Å². The van der Waals surface area contributed by atoms with Crippen LogP contribution in [0.5, 0.6) is 0 Å². The van der Waals surface area contributed by atoms with E-state index in [1.54, 1.807) is 0 Å². The standard InChI is InChI=1S/C10H18OS/c1-4-9(3)7-6-8-10(11)12-5-2/h6-7,9H,4-5,8H2,1-3H3/b7-6+/t9-/m0/s1. The average Bonchev–Trinajstić information content (AvgIpc) is 2.04. The summed E-state index contributed by atoms with van der Waals surface area (Å²) in [6.45, 7) is 6.31. The van der Waals surface area contributed by atoms with Gasteiger partial charge in [-0.1, -0.05) is 51.1 Å². The summed E-state index contributed by atoms with van der Waals surface area (Å²) >= 11 is 1.40. The third-order valence-corrected chi connectivity index (χ3v) is 2.48. The summed E-state index contributed by atoms with van der Waals surface area (Å²) < 4.78 is 0. The zero-order chi connectivity index (χ0) is 9.40. The van der Waals surface area contributed by atoms with Crippen molar-refractivity contribution in [1.29, 1.82) is 0 Å². The van der Waals surface area contributed by atoms with Crippen LogP contribution in [0.2, 0.25) is 0 Å². The molecule has 0 aliphatic carbocycles. The summed E-state index contributed by atoms with van der Waals surface area (Å²) in [5.41, 5.74) is 0. The zero-order valence-electron chi connectivity index (χ0n) is 8.17. The van der Waals surface area contributed by atoms with Gasteiger partial charge in [0.15, 0.2) is 5.12 Å². The van der Waals surface area contributed by atoms with Gasteiger partial charge in [-0.2, -0.15) is 0 Å². The van der Waals surface area contributed by atoms with Crippen LogP contribution in [0.4, 0.5) is 0 Å². The van der Waals surface area contributed by atoms with Gasteiger partial charge in [-0.25, -0.2) is 0 Å². The van der Waals surface area contributed by atoms with Gasteiger partial charge in [0.1, 0.15) is 0 Å². The molecule has 12 heavy (non-hydrogen) atoms. The molecule has 0 heterocycles. The van der Waals surface area contributed by atoms with Gasteiger partial charge in [-0.15, -0.1) is 0 Å². The van der Waals surface area contributed by atoms with Crippen LogP contribution in [-0.2, 0) is 4.79 Å². The molecule has 0 aromatic carbocycles. The highest BCUT2D eigenvalue weighted by atomic mass is 32.2. The molecule has 0 amide bonds. The fraction of sp³-hybridized carbons (Fsp3) is 0.700. The van der Waals surface area contributed by atoms with Crippen LogP contribution in [0.1, 0.15) is 33.6 Å². The summed E-state index contributed by atoms with van der Waals surface area (Å²) in [6.07, 6.45) is 5.84. The second-order valence-corrected chi connectivity index (χ2v) is 4.14. The van der Waals surface area contributed by atoms with Crippen LogP contribution in [0.25, 0.3) is 0 Å². The van der Waals surface area contributed by atoms with Gasteiger partial charge >= 0.3 is 0 Å². The van der Waals surface area contributed by atoms with Crippen molar-refractivity contribution in [2.75, 3.05) is 5.75 Å². The maximum Gasteiger partial charge on any atom is 0.192 e. The molecule has 1 nitrogen and oxygen atoms in total. The first kappa shape index (κ1) is 11.8. The Balaban J connectivity index is 3.52. The molecular weight excluding hydrogens is 168 g/mol. The van der Waals surface area contributed by atoms with Crippen molar-refractivity contribution < 1.29 is 4.79 Å². The molecule has 0 bridgehead atoms. The highest BCUT2D eigenvalue weighted by molar-refractivity contribution is 8.13. The van der Waals surface area contributed by atoms with Crippen LogP contribution in [0, 0.1) is 5.92 Å². The number of allylic oxidation sites excluding steroid dienone is 2. The molecule has 0 saturated heterocycles. The SMILES string of the molecule is CCSC(=O)C/C=C/[C@@H](C)CC. The van der Waals surface area contributed by atoms with Crippen molar-refractivity contribution >= 4 is 16.9 Å². The lowest BCUT2D eigenvalue weighted by Crippen LogP contribution is -1.90. The molecule has 0 rings (SSSR count). The van der Waals surface area contributed by atoms with Crippen molar-refractivity contribution in [3.8, 4) is 0 Å². The van der Waals surface area contributed by atoms with Crippen molar-refractivity contribution in [2.24, 2.45) is 5.92 Å². The van der Waals surface area contributed by atoms with E-state index in [2.05, 4.69) is 19.9 Å². The molecule has 2 heteroatoms. The molecule has 0 N–H and O–H groups in total. The van der Waals surface area contributed by atoms with Crippen LogP contribution >= 0.6 is 11.8 Å². The molecule has 0 aromatic rings. The van der Waals surface area contributed by atoms with Gasteiger partial charge in [0.25, 0.3) is 0 Å². The maximum atomic E-state index is 11.0. The first-order valence-corrected chi connectivity index (χ1v) is 5.51. The number of carbonyl (C=O) groups excluding carboxylic acids is 1. The van der Waals surface area contributed by atoms with Crippen molar-refractivity contribution in [1.82, 2.24) is 0 Å². The van der Waals surface area contributed by atoms with Crippen molar-refractivity contribution in [3.63, 3.8) is 0 Å². The third kappa shape index (κ3) is 6.47. The van der Waals surface area contributed by atoms with Gasteiger partial charge in [0.2, 0.25) is 0 Å². The van der Waals surface area contributed by atoms with Gasteiger partial charge in [-0.05, 0) is 11.7 Å². The minimum absolute atomic E-state index is 0.275. The Morgan fingerprint density at radius 2 is 2.17 bits per heavy atom. The smallest absolute Gasteiger partial charge is 0.192 e. The fourth-order valence-electron chi connectivity index (χ4n) is 0.753. The monoisotopic (exact) mass is 186 g/mol. The summed E-state index contributed by atoms with van der Waals surface area (Å²) in [5, 5.41) is 0.275. The van der Waals surface area contributed by atoms with E-state index in [1.165, 1.54) is 11.8 Å². The molecular formula is C10H18OS. The fourth-order valence-corrected chi connectivity index (χ4v) is 1.29. The van der Waals surface area contributed by atoms with E-state index >= 15 is 0 Å². The molecule has 0 unspecified atom stereocenters. The lowest BCUT2D eigenvalue weighted by Gasteiger charge is -1.98. The van der Waals surface area contributed by atoms with E-state index in [0.717, 1.165) is 12.2 Å². The maximum absolute atomic E-state index is 11.0. The predicted octanol–water partition coefficient (Wildman–Crippen LogP) is 3.26. The van der Waals surface area contributed by atoms with E-state index in [-0.39, 0.29) is 5.12 Å². The van der Waals surface area contributed by atoms with E-state index in [4.69, 9.17) is 0 Å². The summed E-state index contributed by atoms with van der Waals surface area (Å²) in [6, 6.07) is 0. The number of hydrogen-bond acceptors (Lipinski definition) is 2. The molecule has 0 fully saturated rings. The van der Waals surface area contributed by atoms with E-state index in [0.29, 0.717) is 12.3 Å². The Hall–Kier alpha value is -0.240. The molecule has 1 atom stereocenters. The van der Waals surface area contributed by atoms with Gasteiger partial charge in [0.05, 0.1) is 0 Å². The normalized spacial score (nSPS) is 13.6. The summed E-state index contributed by atoms with van der Waals surface area (Å²) in [5.74, 6) is 1.49. The Morgan fingerprint density at radius 3 is 2.67 bits per heavy atom. The van der Waals surface area contributed by atoms with Crippen LogP contribution in [0.15, 0.2) is 12.2 Å². The van der Waals surface area contributed by atoms with E-state index < -0.39 is 0 Å². The van der Waals surface area contributed by atoms with Crippen LogP contribution in [-0.4, -0.2) is 10.9 Å². The molecule has 70 valence electrons. The molecule has 0 radical (unpaired) electrons. The van der Waals surface area contributed by atoms with Gasteiger partial charge in [-0.3, -0.25) is 4.79 Å². The second-order valence-electron chi connectivity index (χ2n) is 2.82. The van der Waals surface area contributed by atoms with Crippen LogP contribution < -0.4 is 0 Å². The Morgan fingerprint density at radius 1 is 1.50 bits per heavy atom. The first-order chi connectivity index (χ1) is 5.70. The minimum atomic E-state index is 0.275. The number of rotatable bonds is 5. The zero-order valence-corrected chi connectivity index (χ0v) is 8.99. The highest BCUT2D eigenvalue weighted by Gasteiger charge is 1.97. The topological polar surface area (TPSA) is 17.1 Å². The van der Waals surface area contributed by atoms with E-state index in [9.17, 15) is 4.79 Å². The van der Waals surface area contributed by atoms with Gasteiger partial charge in [0, 0.05) is 6.42 Å². The van der Waals surface area contributed by atoms with E-state index in [1.807, 2.05) is 13.0 Å². The first-order valence-electron chi connectivity index (χ1n) is 4.53. The lowest BCUT2D eigenvalue weighted by molar-refractivity contribution is -0.110. The predicted molar refractivity (Wildman–Crippen MR) is 56.4 cm³/mol. The average molecular weight is 186 g/mol. The molecule has 0 aliphatic heterocycles. The summed E-state index contributed by atoms with van der Waals surface area (Å²) in [4.78, 5) is 11.0. The molecule has 0 spiro atoms. The minimum Gasteiger partial charge on any atom is -0.287 e. The quantitative estimate of drug-likeness (QED) is 0.613. The number of hydrogen-bond donors (Lipinski definition) is 0. The highest BCUT2D eigenvalue weighted by Crippen LogP contribution is 2.07. The van der Waals surface area contributed by atoms with Crippen LogP contribution in [0.3, 0.4) is 0 Å². The Labute approximate surface area is 79.6 Å². The number of carbonyl (C=O) groups is 1. The van der Waals surface area contributed by atoms with Crippen molar-refractivity contribution in [3.05, 3.63) is 12.2 Å². The largest absolute Gasteiger partial charge is 0.287 e. The lowest BCUT2D eigenvalue weighted by atomic mass is 10.1. The molecule has 0 aromatic heterocycles. The Bertz CT molecular complexity index is 152.